The van der Waals surface area contributed by atoms with Crippen LogP contribution < -0.4 is 14.8 Å². The normalized spacial score (nSPS) is 10.2. The second-order valence-electron chi connectivity index (χ2n) is 4.41. The Balaban J connectivity index is 2.04. The van der Waals surface area contributed by atoms with Gasteiger partial charge in [-0.3, -0.25) is 0 Å². The summed E-state index contributed by atoms with van der Waals surface area (Å²) in [6.45, 7) is 3.34. The minimum absolute atomic E-state index is 0.417. The van der Waals surface area contributed by atoms with Gasteiger partial charge in [0.15, 0.2) is 0 Å². The number of benzene rings is 1. The Morgan fingerprint density at radius 2 is 2.19 bits per heavy atom. The maximum absolute atomic E-state index is 5.75. The molecule has 0 saturated carbocycles. The lowest BCUT2D eigenvalue weighted by Crippen LogP contribution is -2.06. The number of anilines is 1. The molecule has 0 aliphatic carbocycles. The van der Waals surface area contributed by atoms with Gasteiger partial charge < -0.3 is 14.8 Å². The first-order valence-corrected chi connectivity index (χ1v) is 7.54. The van der Waals surface area contributed by atoms with Gasteiger partial charge in [-0.05, 0) is 40.0 Å². The zero-order valence-electron chi connectivity index (χ0n) is 12.1. The third-order valence-electron chi connectivity index (χ3n) is 2.75. The molecule has 6 heteroatoms. The molecule has 21 heavy (non-hydrogen) atoms. The second kappa shape index (κ2) is 7.83. The van der Waals surface area contributed by atoms with Gasteiger partial charge in [-0.2, -0.15) is 4.98 Å². The minimum Gasteiger partial charge on any atom is -0.497 e. The lowest BCUT2D eigenvalue weighted by molar-refractivity contribution is 0.290. The molecule has 0 spiro atoms. The molecule has 1 aromatic carbocycles. The Morgan fingerprint density at radius 3 is 2.95 bits per heavy atom. The predicted molar refractivity (Wildman–Crippen MR) is 85.8 cm³/mol. The third kappa shape index (κ3) is 4.60. The van der Waals surface area contributed by atoms with Gasteiger partial charge in [0, 0.05) is 6.54 Å². The Hall–Kier alpha value is -1.82. The van der Waals surface area contributed by atoms with Gasteiger partial charge in [-0.25, -0.2) is 4.98 Å². The summed E-state index contributed by atoms with van der Waals surface area (Å²) in [5, 5.41) is 3.14. The Labute approximate surface area is 132 Å². The van der Waals surface area contributed by atoms with Crippen molar-refractivity contribution < 1.29 is 9.47 Å². The van der Waals surface area contributed by atoms with Crippen LogP contribution in [0.2, 0.25) is 0 Å². The van der Waals surface area contributed by atoms with Crippen LogP contribution in [0.1, 0.15) is 18.9 Å². The van der Waals surface area contributed by atoms with E-state index in [1.807, 2.05) is 24.3 Å². The third-order valence-corrected chi connectivity index (χ3v) is 3.30. The number of nitrogens with one attached hydrogen (secondary N) is 1. The van der Waals surface area contributed by atoms with Crippen molar-refractivity contribution in [2.75, 3.05) is 19.0 Å². The van der Waals surface area contributed by atoms with Crippen molar-refractivity contribution in [3.8, 4) is 11.6 Å². The monoisotopic (exact) mass is 351 g/mol. The van der Waals surface area contributed by atoms with E-state index >= 15 is 0 Å². The number of hydrogen-bond acceptors (Lipinski definition) is 5. The zero-order valence-corrected chi connectivity index (χ0v) is 13.7. The van der Waals surface area contributed by atoms with Crippen LogP contribution in [0.4, 0.5) is 5.95 Å². The van der Waals surface area contributed by atoms with Crippen LogP contribution in [0, 0.1) is 0 Å². The average Bonchev–Trinajstić information content (AvgIpc) is 2.53. The van der Waals surface area contributed by atoms with Crippen molar-refractivity contribution in [2.24, 2.45) is 0 Å². The van der Waals surface area contributed by atoms with Crippen LogP contribution in [0.15, 0.2) is 34.9 Å². The highest BCUT2D eigenvalue weighted by Crippen LogP contribution is 2.24. The van der Waals surface area contributed by atoms with Gasteiger partial charge in [0.2, 0.25) is 11.8 Å². The molecule has 5 nitrogen and oxygen atoms in total. The summed E-state index contributed by atoms with van der Waals surface area (Å²) in [6.07, 6.45) is 2.70. The summed E-state index contributed by atoms with van der Waals surface area (Å²) < 4.78 is 11.7. The number of rotatable bonds is 7. The molecule has 0 aliphatic rings. The highest BCUT2D eigenvalue weighted by molar-refractivity contribution is 9.10. The van der Waals surface area contributed by atoms with Crippen LogP contribution in [-0.2, 0) is 6.61 Å². The molecule has 2 aromatic rings. The van der Waals surface area contributed by atoms with Gasteiger partial charge in [0.1, 0.15) is 12.4 Å². The predicted octanol–water partition coefficient (Wildman–Crippen LogP) is 3.65. The summed E-state index contributed by atoms with van der Waals surface area (Å²) in [5.74, 6) is 1.90. The van der Waals surface area contributed by atoms with Gasteiger partial charge >= 0.3 is 0 Å². The highest BCUT2D eigenvalue weighted by Gasteiger charge is 2.07. The fourth-order valence-corrected chi connectivity index (χ4v) is 1.99. The van der Waals surface area contributed by atoms with Gasteiger partial charge in [0.25, 0.3) is 0 Å². The van der Waals surface area contributed by atoms with Gasteiger partial charge in [-0.1, -0.05) is 19.1 Å². The summed E-state index contributed by atoms with van der Waals surface area (Å²) in [6, 6.07) is 7.75. The lowest BCUT2D eigenvalue weighted by atomic mass is 10.2. The average molecular weight is 352 g/mol. The molecule has 0 amide bonds. The number of nitrogens with zero attached hydrogens (tertiary/aromatic N) is 2. The summed E-state index contributed by atoms with van der Waals surface area (Å²) in [4.78, 5) is 8.53. The summed E-state index contributed by atoms with van der Waals surface area (Å²) in [5.41, 5.74) is 1.02. The molecule has 2 rings (SSSR count). The van der Waals surface area contributed by atoms with E-state index in [0.29, 0.717) is 18.4 Å². The first-order valence-electron chi connectivity index (χ1n) is 6.75. The molecule has 1 N–H and O–H groups in total. The van der Waals surface area contributed by atoms with Crippen LogP contribution in [0.25, 0.3) is 0 Å². The minimum atomic E-state index is 0.417. The molecule has 1 heterocycles. The zero-order chi connectivity index (χ0) is 15.1. The molecular weight excluding hydrogens is 334 g/mol. The standard InChI is InChI=1S/C15H18BrN3O2/c1-3-7-17-15-18-9-13(16)14(19-15)21-10-11-5-4-6-12(8-11)20-2/h4-6,8-9H,3,7,10H2,1-2H3,(H,17,18,19). The molecule has 0 bridgehead atoms. The maximum Gasteiger partial charge on any atom is 0.233 e. The number of hydrogen-bond donors (Lipinski definition) is 1. The molecular formula is C15H18BrN3O2. The maximum atomic E-state index is 5.75. The Morgan fingerprint density at radius 1 is 1.33 bits per heavy atom. The number of ether oxygens (including phenoxy) is 2. The molecule has 0 unspecified atom stereocenters. The number of halogens is 1. The Bertz CT molecular complexity index is 593. The smallest absolute Gasteiger partial charge is 0.233 e. The number of methoxy groups -OCH3 is 1. The van der Waals surface area contributed by atoms with Crippen LogP contribution >= 0.6 is 15.9 Å². The fourth-order valence-electron chi connectivity index (χ4n) is 1.69. The van der Waals surface area contributed by atoms with E-state index in [2.05, 4.69) is 38.1 Å². The van der Waals surface area contributed by atoms with Crippen molar-refractivity contribution in [1.29, 1.82) is 0 Å². The molecule has 0 aliphatic heterocycles. The molecule has 0 fully saturated rings. The van der Waals surface area contributed by atoms with Crippen molar-refractivity contribution in [3.05, 3.63) is 40.5 Å². The fraction of sp³-hybridized carbons (Fsp3) is 0.333. The highest BCUT2D eigenvalue weighted by atomic mass is 79.9. The van der Waals surface area contributed by atoms with E-state index in [9.17, 15) is 0 Å². The first-order chi connectivity index (χ1) is 10.2. The van der Waals surface area contributed by atoms with Crippen molar-refractivity contribution >= 4 is 21.9 Å². The Kier molecular flexibility index (Phi) is 5.80. The largest absolute Gasteiger partial charge is 0.497 e. The second-order valence-corrected chi connectivity index (χ2v) is 5.27. The van der Waals surface area contributed by atoms with E-state index < -0.39 is 0 Å². The molecule has 0 atom stereocenters. The quantitative estimate of drug-likeness (QED) is 0.824. The van der Waals surface area contributed by atoms with E-state index in [1.54, 1.807) is 13.3 Å². The lowest BCUT2D eigenvalue weighted by Gasteiger charge is -2.10. The SMILES string of the molecule is CCCNc1ncc(Br)c(OCc2cccc(OC)c2)n1. The summed E-state index contributed by atoms with van der Waals surface area (Å²) >= 11 is 3.40. The number of aromatic nitrogens is 2. The van der Waals surface area contributed by atoms with E-state index in [4.69, 9.17) is 9.47 Å². The van der Waals surface area contributed by atoms with E-state index in [-0.39, 0.29) is 0 Å². The van der Waals surface area contributed by atoms with Crippen LogP contribution in [0.3, 0.4) is 0 Å². The van der Waals surface area contributed by atoms with Gasteiger partial charge in [0.05, 0.1) is 17.8 Å². The van der Waals surface area contributed by atoms with Crippen molar-refractivity contribution in [1.82, 2.24) is 9.97 Å². The van der Waals surface area contributed by atoms with Crippen molar-refractivity contribution in [2.45, 2.75) is 20.0 Å². The van der Waals surface area contributed by atoms with Crippen LogP contribution in [-0.4, -0.2) is 23.6 Å². The van der Waals surface area contributed by atoms with E-state index in [0.717, 1.165) is 28.8 Å². The van der Waals surface area contributed by atoms with E-state index in [1.165, 1.54) is 0 Å². The summed E-state index contributed by atoms with van der Waals surface area (Å²) in [7, 11) is 1.65. The molecule has 0 saturated heterocycles. The van der Waals surface area contributed by atoms with Crippen molar-refractivity contribution in [3.63, 3.8) is 0 Å². The first kappa shape index (κ1) is 15.6. The topological polar surface area (TPSA) is 56.3 Å². The molecule has 0 radical (unpaired) electrons. The molecule has 1 aromatic heterocycles. The van der Waals surface area contributed by atoms with Crippen LogP contribution in [0.5, 0.6) is 11.6 Å². The van der Waals surface area contributed by atoms with Gasteiger partial charge in [-0.15, -0.1) is 0 Å². The molecule has 112 valence electrons.